The van der Waals surface area contributed by atoms with Crippen molar-refractivity contribution in [3.8, 4) is 22.3 Å². The number of likely N-dealkylation sites (N-methyl/N-ethyl adjacent to an activating group) is 1. The van der Waals surface area contributed by atoms with E-state index < -0.39 is 5.41 Å². The van der Waals surface area contributed by atoms with Crippen molar-refractivity contribution in [3.05, 3.63) is 83.9 Å². The van der Waals surface area contributed by atoms with Gasteiger partial charge in [0.2, 0.25) is 5.91 Å². The van der Waals surface area contributed by atoms with Crippen LogP contribution in [0.3, 0.4) is 0 Å². The van der Waals surface area contributed by atoms with E-state index in [1.54, 1.807) is 24.3 Å². The summed E-state index contributed by atoms with van der Waals surface area (Å²) in [5.41, 5.74) is 8.89. The summed E-state index contributed by atoms with van der Waals surface area (Å²) in [5.74, 6) is 0.0824. The van der Waals surface area contributed by atoms with Gasteiger partial charge < -0.3 is 16.4 Å². The number of carbonyl (C=O) groups excluding carboxylic acids is 1. The third-order valence-electron chi connectivity index (χ3n) is 6.41. The Balaban J connectivity index is 0.000000420. The molecule has 4 rings (SSSR count). The Hall–Kier alpha value is -3.09. The first-order valence-electron chi connectivity index (χ1n) is 12.1. The highest BCUT2D eigenvalue weighted by molar-refractivity contribution is 5.88. The minimum atomic E-state index is -0.763. The minimum Gasteiger partial charge on any atom is -0.356 e. The number of carbonyl (C=O) groups is 1. The van der Waals surface area contributed by atoms with E-state index in [0.717, 1.165) is 46.8 Å². The minimum absolute atomic E-state index is 0.0729. The Morgan fingerprint density at radius 1 is 0.943 bits per heavy atom. The molecule has 6 heteroatoms. The molecule has 0 bridgehead atoms. The van der Waals surface area contributed by atoms with Crippen molar-refractivity contribution in [2.45, 2.75) is 32.6 Å². The van der Waals surface area contributed by atoms with Crippen molar-refractivity contribution < 1.29 is 13.6 Å². The zero-order chi connectivity index (χ0) is 25.4. The van der Waals surface area contributed by atoms with Gasteiger partial charge >= 0.3 is 0 Å². The van der Waals surface area contributed by atoms with Crippen molar-refractivity contribution >= 4 is 5.91 Å². The molecular formula is C29H35F2N3O. The number of benzene rings is 3. The van der Waals surface area contributed by atoms with Crippen molar-refractivity contribution in [2.24, 2.45) is 11.7 Å². The zero-order valence-electron chi connectivity index (χ0n) is 20.7. The summed E-state index contributed by atoms with van der Waals surface area (Å²) in [4.78, 5) is 12.6. The van der Waals surface area contributed by atoms with Crippen molar-refractivity contribution in [1.82, 2.24) is 10.6 Å². The predicted octanol–water partition coefficient (Wildman–Crippen LogP) is 5.27. The van der Waals surface area contributed by atoms with Crippen LogP contribution in [-0.2, 0) is 10.2 Å². The van der Waals surface area contributed by atoms with Gasteiger partial charge in [-0.15, -0.1) is 0 Å². The van der Waals surface area contributed by atoms with Crippen LogP contribution in [-0.4, -0.2) is 32.1 Å². The van der Waals surface area contributed by atoms with E-state index in [0.29, 0.717) is 6.54 Å². The van der Waals surface area contributed by atoms with Gasteiger partial charge in [-0.2, -0.15) is 0 Å². The Morgan fingerprint density at radius 3 is 1.83 bits per heavy atom. The van der Waals surface area contributed by atoms with Gasteiger partial charge in [0, 0.05) is 6.54 Å². The lowest BCUT2D eigenvalue weighted by Gasteiger charge is -2.25. The summed E-state index contributed by atoms with van der Waals surface area (Å²) >= 11 is 0. The molecule has 0 spiro atoms. The normalized spacial score (nSPS) is 15.3. The van der Waals surface area contributed by atoms with Crippen LogP contribution in [0.15, 0.2) is 66.7 Å². The zero-order valence-corrected chi connectivity index (χ0v) is 20.7. The molecule has 0 saturated carbocycles. The molecule has 1 heterocycles. The van der Waals surface area contributed by atoms with Gasteiger partial charge in [0.15, 0.2) is 0 Å². The number of nitrogens with two attached hydrogens (primary N) is 1. The van der Waals surface area contributed by atoms with Gasteiger partial charge in [-0.3, -0.25) is 4.79 Å². The Labute approximate surface area is 206 Å². The monoisotopic (exact) mass is 479 g/mol. The summed E-state index contributed by atoms with van der Waals surface area (Å²) in [6.45, 7) is 9.33. The third-order valence-corrected chi connectivity index (χ3v) is 6.41. The maximum Gasteiger partial charge on any atom is 0.230 e. The molecule has 1 aliphatic rings. The second-order valence-electron chi connectivity index (χ2n) is 9.39. The fraction of sp³-hybridized carbons (Fsp3) is 0.345. The highest BCUT2D eigenvalue weighted by Gasteiger charge is 2.30. The van der Waals surface area contributed by atoms with E-state index in [2.05, 4.69) is 10.6 Å². The second-order valence-corrected chi connectivity index (χ2v) is 9.39. The van der Waals surface area contributed by atoms with Gasteiger partial charge in [0.1, 0.15) is 11.6 Å². The molecule has 1 aliphatic heterocycles. The van der Waals surface area contributed by atoms with Crippen LogP contribution in [0.5, 0.6) is 0 Å². The fourth-order valence-electron chi connectivity index (χ4n) is 4.03. The van der Waals surface area contributed by atoms with Crippen LogP contribution >= 0.6 is 0 Å². The topological polar surface area (TPSA) is 67.2 Å². The molecule has 0 aliphatic carbocycles. The molecule has 0 aromatic heterocycles. The van der Waals surface area contributed by atoms with Gasteiger partial charge in [-0.05, 0) is 111 Å². The number of hydrogen-bond acceptors (Lipinski definition) is 3. The lowest BCUT2D eigenvalue weighted by atomic mass is 9.80. The van der Waals surface area contributed by atoms with Crippen molar-refractivity contribution in [2.75, 3.05) is 26.2 Å². The quantitative estimate of drug-likeness (QED) is 0.451. The largest absolute Gasteiger partial charge is 0.356 e. The standard InChI is InChI=1S/C24H23F2NO.C5H12N2/c1-4-27-23(28)24(2,3)20-14-18(16-5-9-21(25)10-6-16)13-19(15-20)17-7-11-22(26)12-8-17;6-3-5-1-2-7-4-5/h5-15H,4H2,1-3H3,(H,27,28);5,7H,1-4,6H2/t;5-/m.1/s1. The van der Waals surface area contributed by atoms with E-state index in [1.165, 1.54) is 37.2 Å². The molecule has 0 unspecified atom stereocenters. The van der Waals surface area contributed by atoms with Crippen LogP contribution in [0, 0.1) is 17.6 Å². The summed E-state index contributed by atoms with van der Waals surface area (Å²) in [6, 6.07) is 18.4. The van der Waals surface area contributed by atoms with Crippen LogP contribution in [0.25, 0.3) is 22.3 Å². The Bertz CT molecular complexity index is 1040. The lowest BCUT2D eigenvalue weighted by Crippen LogP contribution is -2.39. The molecule has 186 valence electrons. The fourth-order valence-corrected chi connectivity index (χ4v) is 4.03. The molecule has 4 nitrogen and oxygen atoms in total. The molecule has 35 heavy (non-hydrogen) atoms. The maximum atomic E-state index is 13.4. The lowest BCUT2D eigenvalue weighted by molar-refractivity contribution is -0.125. The SMILES string of the molecule is CCNC(=O)C(C)(C)c1cc(-c2ccc(F)cc2)cc(-c2ccc(F)cc2)c1.NC[C@H]1CCNC1. The number of nitrogens with one attached hydrogen (secondary N) is 2. The third kappa shape index (κ3) is 6.96. The molecule has 0 radical (unpaired) electrons. The van der Waals surface area contributed by atoms with Crippen LogP contribution in [0.2, 0.25) is 0 Å². The van der Waals surface area contributed by atoms with Crippen LogP contribution < -0.4 is 16.4 Å². The van der Waals surface area contributed by atoms with Crippen molar-refractivity contribution in [1.29, 1.82) is 0 Å². The van der Waals surface area contributed by atoms with E-state index >= 15 is 0 Å². The molecular weight excluding hydrogens is 444 g/mol. The second kappa shape index (κ2) is 12.0. The first-order valence-corrected chi connectivity index (χ1v) is 12.1. The molecule has 1 atom stereocenters. The number of halogens is 2. The van der Waals surface area contributed by atoms with Crippen molar-refractivity contribution in [3.63, 3.8) is 0 Å². The highest BCUT2D eigenvalue weighted by atomic mass is 19.1. The summed E-state index contributed by atoms with van der Waals surface area (Å²) in [5, 5.41) is 6.12. The number of hydrogen-bond donors (Lipinski definition) is 3. The highest BCUT2D eigenvalue weighted by Crippen LogP contribution is 2.34. The molecule has 3 aromatic carbocycles. The van der Waals surface area contributed by atoms with Crippen LogP contribution in [0.1, 0.15) is 32.8 Å². The average Bonchev–Trinajstić information content (AvgIpc) is 3.39. The number of amides is 1. The van der Waals surface area contributed by atoms with E-state index in [1.807, 2.05) is 39.0 Å². The summed E-state index contributed by atoms with van der Waals surface area (Å²) in [7, 11) is 0. The van der Waals surface area contributed by atoms with Gasteiger partial charge in [0.25, 0.3) is 0 Å². The van der Waals surface area contributed by atoms with Gasteiger partial charge in [-0.25, -0.2) is 8.78 Å². The number of rotatable bonds is 6. The summed E-state index contributed by atoms with van der Waals surface area (Å²) < 4.78 is 26.7. The van der Waals surface area contributed by atoms with E-state index in [4.69, 9.17) is 5.73 Å². The first-order chi connectivity index (χ1) is 16.7. The van der Waals surface area contributed by atoms with E-state index in [-0.39, 0.29) is 17.5 Å². The van der Waals surface area contributed by atoms with Crippen LogP contribution in [0.4, 0.5) is 8.78 Å². The molecule has 1 amide bonds. The van der Waals surface area contributed by atoms with Gasteiger partial charge in [-0.1, -0.05) is 36.4 Å². The van der Waals surface area contributed by atoms with E-state index in [9.17, 15) is 13.6 Å². The van der Waals surface area contributed by atoms with Gasteiger partial charge in [0.05, 0.1) is 5.41 Å². The molecule has 3 aromatic rings. The predicted molar refractivity (Wildman–Crippen MR) is 139 cm³/mol. The molecule has 1 fully saturated rings. The smallest absolute Gasteiger partial charge is 0.230 e. The molecule has 4 N–H and O–H groups in total. The maximum absolute atomic E-state index is 13.4. The first kappa shape index (κ1) is 26.5. The Morgan fingerprint density at radius 2 is 1.46 bits per heavy atom. The average molecular weight is 480 g/mol. The summed E-state index contributed by atoms with van der Waals surface area (Å²) in [6.07, 6.45) is 1.27. The Kier molecular flexibility index (Phi) is 9.13. The molecule has 1 saturated heterocycles.